The van der Waals surface area contributed by atoms with Gasteiger partial charge in [0.25, 0.3) is 0 Å². The predicted molar refractivity (Wildman–Crippen MR) is 80.3 cm³/mol. The van der Waals surface area contributed by atoms with Gasteiger partial charge in [0.15, 0.2) is 0 Å². The van der Waals surface area contributed by atoms with Crippen LogP contribution in [0.1, 0.15) is 47.5 Å². The van der Waals surface area contributed by atoms with Crippen molar-refractivity contribution in [1.82, 2.24) is 4.90 Å². The summed E-state index contributed by atoms with van der Waals surface area (Å²) >= 11 is 0. The van der Waals surface area contributed by atoms with Crippen LogP contribution >= 0.6 is 0 Å². The number of likely N-dealkylation sites (tertiary alicyclic amines) is 1. The molecule has 4 nitrogen and oxygen atoms in total. The average Bonchev–Trinajstić information content (AvgIpc) is 2.89. The van der Waals surface area contributed by atoms with Crippen molar-refractivity contribution in [3.05, 3.63) is 0 Å². The number of carbonyl (C=O) groups excluding carboxylic acids is 1. The molecule has 2 rings (SSSR count). The maximum absolute atomic E-state index is 12.0. The molecule has 2 fully saturated rings. The summed E-state index contributed by atoms with van der Waals surface area (Å²) in [5.74, 6) is 2.13. The van der Waals surface area contributed by atoms with E-state index in [1.165, 1.54) is 0 Å². The van der Waals surface area contributed by atoms with E-state index in [0.29, 0.717) is 11.3 Å². The number of hydrogen-bond acceptors (Lipinski definition) is 3. The quantitative estimate of drug-likeness (QED) is 0.847. The van der Waals surface area contributed by atoms with E-state index in [-0.39, 0.29) is 6.09 Å². The van der Waals surface area contributed by atoms with E-state index in [1.54, 1.807) is 0 Å². The first-order valence-corrected chi connectivity index (χ1v) is 7.85. The molecule has 2 atom stereocenters. The van der Waals surface area contributed by atoms with Crippen molar-refractivity contribution in [2.75, 3.05) is 19.6 Å². The number of piperidine rings is 1. The molecule has 1 saturated carbocycles. The van der Waals surface area contributed by atoms with Crippen molar-refractivity contribution in [2.24, 2.45) is 28.9 Å². The summed E-state index contributed by atoms with van der Waals surface area (Å²) in [6.45, 7) is 12.8. The normalized spacial score (nSPS) is 30.2. The lowest BCUT2D eigenvalue weighted by atomic mass is 9.88. The highest BCUT2D eigenvalue weighted by Crippen LogP contribution is 2.62. The first-order valence-electron chi connectivity index (χ1n) is 7.85. The van der Waals surface area contributed by atoms with E-state index in [4.69, 9.17) is 10.5 Å². The number of rotatable bonds is 2. The molecule has 20 heavy (non-hydrogen) atoms. The fraction of sp³-hybridized carbons (Fsp3) is 0.938. The molecule has 0 unspecified atom stereocenters. The van der Waals surface area contributed by atoms with Crippen LogP contribution in [0.5, 0.6) is 0 Å². The largest absolute Gasteiger partial charge is 0.444 e. The van der Waals surface area contributed by atoms with Gasteiger partial charge in [0.1, 0.15) is 5.60 Å². The number of nitrogens with zero attached hydrogens (tertiary/aromatic N) is 1. The molecule has 1 aliphatic carbocycles. The Hall–Kier alpha value is -0.770. The van der Waals surface area contributed by atoms with Crippen molar-refractivity contribution >= 4 is 6.09 Å². The van der Waals surface area contributed by atoms with Crippen LogP contribution in [-0.4, -0.2) is 36.2 Å². The number of amides is 1. The van der Waals surface area contributed by atoms with Crippen molar-refractivity contribution in [3.63, 3.8) is 0 Å². The van der Waals surface area contributed by atoms with E-state index >= 15 is 0 Å². The van der Waals surface area contributed by atoms with Crippen molar-refractivity contribution < 1.29 is 9.53 Å². The summed E-state index contributed by atoms with van der Waals surface area (Å²) < 4.78 is 5.44. The third kappa shape index (κ3) is 3.11. The maximum Gasteiger partial charge on any atom is 0.410 e. The predicted octanol–water partition coefficient (Wildman–Crippen LogP) is 2.86. The van der Waals surface area contributed by atoms with Gasteiger partial charge in [0, 0.05) is 13.1 Å². The Morgan fingerprint density at radius 2 is 1.85 bits per heavy atom. The number of hydrogen-bond donors (Lipinski definition) is 1. The van der Waals surface area contributed by atoms with Gasteiger partial charge in [-0.15, -0.1) is 0 Å². The fourth-order valence-electron chi connectivity index (χ4n) is 3.94. The molecular formula is C16H30N2O2. The standard InChI is InChI=1S/C16H30N2O2/c1-15(2,3)20-14(19)18-8-6-11(7-9-18)13-12(10-17)16(13,4)5/h11-13H,6-10,17H2,1-5H3/t12-,13-/m1/s1. The monoisotopic (exact) mass is 282 g/mol. The molecule has 0 radical (unpaired) electrons. The van der Waals surface area contributed by atoms with Crippen molar-refractivity contribution in [1.29, 1.82) is 0 Å². The topological polar surface area (TPSA) is 55.6 Å². The molecule has 116 valence electrons. The van der Waals surface area contributed by atoms with E-state index < -0.39 is 5.60 Å². The van der Waals surface area contributed by atoms with Crippen LogP contribution in [0.3, 0.4) is 0 Å². The van der Waals surface area contributed by atoms with Gasteiger partial charge >= 0.3 is 6.09 Å². The molecule has 0 aromatic rings. The highest BCUT2D eigenvalue weighted by Gasteiger charge is 2.59. The summed E-state index contributed by atoms with van der Waals surface area (Å²) in [6, 6.07) is 0. The van der Waals surface area contributed by atoms with Crippen LogP contribution in [0.2, 0.25) is 0 Å². The van der Waals surface area contributed by atoms with Crippen LogP contribution in [0, 0.1) is 23.2 Å². The molecular weight excluding hydrogens is 252 g/mol. The van der Waals surface area contributed by atoms with Gasteiger partial charge in [-0.2, -0.15) is 0 Å². The number of carbonyl (C=O) groups is 1. The van der Waals surface area contributed by atoms with Gasteiger partial charge in [-0.05, 0) is 63.3 Å². The van der Waals surface area contributed by atoms with E-state index in [1.807, 2.05) is 25.7 Å². The lowest BCUT2D eigenvalue weighted by molar-refractivity contribution is 0.0170. The van der Waals surface area contributed by atoms with Gasteiger partial charge in [-0.1, -0.05) is 13.8 Å². The van der Waals surface area contributed by atoms with Crippen molar-refractivity contribution in [3.8, 4) is 0 Å². The van der Waals surface area contributed by atoms with Crippen molar-refractivity contribution in [2.45, 2.75) is 53.1 Å². The summed E-state index contributed by atoms with van der Waals surface area (Å²) in [4.78, 5) is 13.9. The molecule has 2 N–H and O–H groups in total. The summed E-state index contributed by atoms with van der Waals surface area (Å²) in [5, 5.41) is 0. The van der Waals surface area contributed by atoms with Gasteiger partial charge < -0.3 is 15.4 Å². The number of nitrogens with two attached hydrogens (primary N) is 1. The highest BCUT2D eigenvalue weighted by molar-refractivity contribution is 5.68. The van der Waals surface area contributed by atoms with Crippen LogP contribution in [0.25, 0.3) is 0 Å². The maximum atomic E-state index is 12.0. The minimum absolute atomic E-state index is 0.165. The van der Waals surface area contributed by atoms with Crippen LogP contribution in [0.15, 0.2) is 0 Å². The summed E-state index contributed by atoms with van der Waals surface area (Å²) in [7, 11) is 0. The van der Waals surface area contributed by atoms with Gasteiger partial charge in [0.2, 0.25) is 0 Å². The molecule has 4 heteroatoms. The molecule has 0 spiro atoms. The second kappa shape index (κ2) is 5.21. The fourth-order valence-corrected chi connectivity index (χ4v) is 3.94. The molecule has 0 aromatic carbocycles. The Morgan fingerprint density at radius 1 is 1.30 bits per heavy atom. The molecule has 1 aliphatic heterocycles. The zero-order chi connectivity index (χ0) is 15.1. The second-order valence-corrected chi connectivity index (χ2v) is 7.99. The minimum atomic E-state index is -0.406. The average molecular weight is 282 g/mol. The van der Waals surface area contributed by atoms with E-state index in [2.05, 4.69) is 13.8 Å². The lowest BCUT2D eigenvalue weighted by Crippen LogP contribution is -2.42. The zero-order valence-corrected chi connectivity index (χ0v) is 13.6. The van der Waals surface area contributed by atoms with Gasteiger partial charge in [-0.3, -0.25) is 0 Å². The molecule has 1 amide bonds. The molecule has 0 aromatic heterocycles. The Bertz CT molecular complexity index is 365. The first-order chi connectivity index (χ1) is 9.16. The Morgan fingerprint density at radius 3 is 2.25 bits per heavy atom. The molecule has 0 bridgehead atoms. The van der Waals surface area contributed by atoms with E-state index in [9.17, 15) is 4.79 Å². The van der Waals surface area contributed by atoms with Gasteiger partial charge in [0.05, 0.1) is 0 Å². The molecule has 1 saturated heterocycles. The zero-order valence-electron chi connectivity index (χ0n) is 13.6. The van der Waals surface area contributed by atoms with Crippen LogP contribution in [-0.2, 0) is 4.74 Å². The second-order valence-electron chi connectivity index (χ2n) is 7.99. The van der Waals surface area contributed by atoms with Crippen LogP contribution < -0.4 is 5.73 Å². The highest BCUT2D eigenvalue weighted by atomic mass is 16.6. The Kier molecular flexibility index (Phi) is 4.07. The van der Waals surface area contributed by atoms with E-state index in [0.717, 1.165) is 44.3 Å². The number of ether oxygens (including phenoxy) is 1. The third-order valence-corrected chi connectivity index (χ3v) is 5.09. The summed E-state index contributed by atoms with van der Waals surface area (Å²) in [6.07, 6.45) is 2.01. The molecule has 2 aliphatic rings. The van der Waals surface area contributed by atoms with Gasteiger partial charge in [-0.25, -0.2) is 4.79 Å². The van der Waals surface area contributed by atoms with Crippen LogP contribution in [0.4, 0.5) is 4.79 Å². The minimum Gasteiger partial charge on any atom is -0.444 e. The summed E-state index contributed by atoms with van der Waals surface area (Å²) in [5.41, 5.74) is 5.86. The lowest BCUT2D eigenvalue weighted by Gasteiger charge is -2.34. The smallest absolute Gasteiger partial charge is 0.410 e. The Labute approximate surface area is 123 Å². The SMILES string of the molecule is CC(C)(C)OC(=O)N1CCC([C@@H]2[C@@H](CN)C2(C)C)CC1. The Balaban J connectivity index is 1.83. The molecule has 1 heterocycles. The third-order valence-electron chi connectivity index (χ3n) is 5.09. The first kappa shape index (κ1) is 15.6.